The SMILES string of the molecule is CCc1ccc(C(C(=O)NC(Cc2ccccc2)C(=O)OC(C)(C)C)N(C(=O)C(Cc2ccc(O)cc2)NC(=O)OC(C)(C)C)C(C)(C)C)cc1. The van der Waals surface area contributed by atoms with Gasteiger partial charge in [-0.1, -0.05) is 73.7 Å². The van der Waals surface area contributed by atoms with Crippen molar-refractivity contribution in [3.63, 3.8) is 0 Å². The lowest BCUT2D eigenvalue weighted by Gasteiger charge is -2.43. The highest BCUT2D eigenvalue weighted by atomic mass is 16.6. The molecule has 0 radical (unpaired) electrons. The first-order valence-electron chi connectivity index (χ1n) is 17.4. The number of carbonyl (C=O) groups excluding carboxylic acids is 4. The molecule has 0 aliphatic rings. The summed E-state index contributed by atoms with van der Waals surface area (Å²) in [5.74, 6) is -1.68. The molecule has 3 N–H and O–H groups in total. The Hall–Kier alpha value is -4.86. The molecule has 0 fully saturated rings. The summed E-state index contributed by atoms with van der Waals surface area (Å²) < 4.78 is 11.3. The van der Waals surface area contributed by atoms with Crippen LogP contribution in [0.15, 0.2) is 78.9 Å². The summed E-state index contributed by atoms with van der Waals surface area (Å²) in [5, 5.41) is 15.6. The number of amides is 3. The van der Waals surface area contributed by atoms with Gasteiger partial charge in [-0.3, -0.25) is 9.59 Å². The van der Waals surface area contributed by atoms with E-state index in [4.69, 9.17) is 9.47 Å². The number of esters is 1. The van der Waals surface area contributed by atoms with E-state index in [1.807, 2.05) is 82.3 Å². The highest BCUT2D eigenvalue weighted by Crippen LogP contribution is 2.31. The average Bonchev–Trinajstić information content (AvgIpc) is 3.02. The summed E-state index contributed by atoms with van der Waals surface area (Å²) in [4.78, 5) is 57.9. The second-order valence-corrected chi connectivity index (χ2v) is 15.7. The molecule has 3 unspecified atom stereocenters. The molecule has 3 aromatic carbocycles. The summed E-state index contributed by atoms with van der Waals surface area (Å²) in [6.45, 7) is 17.9. The van der Waals surface area contributed by atoms with E-state index in [0.29, 0.717) is 11.1 Å². The molecule has 0 saturated heterocycles. The topological polar surface area (TPSA) is 134 Å². The first-order valence-corrected chi connectivity index (χ1v) is 17.4. The fraction of sp³-hybridized carbons (Fsp3) is 0.463. The Labute approximate surface area is 302 Å². The summed E-state index contributed by atoms with van der Waals surface area (Å²) in [5.41, 5.74) is 0.434. The quantitative estimate of drug-likeness (QED) is 0.176. The minimum absolute atomic E-state index is 0.0442. The highest BCUT2D eigenvalue weighted by molar-refractivity contribution is 5.94. The minimum Gasteiger partial charge on any atom is -0.508 e. The monoisotopic (exact) mass is 701 g/mol. The molecule has 51 heavy (non-hydrogen) atoms. The van der Waals surface area contributed by atoms with E-state index < -0.39 is 58.7 Å². The van der Waals surface area contributed by atoms with Crippen molar-refractivity contribution in [1.82, 2.24) is 15.5 Å². The number of aryl methyl sites for hydroxylation is 1. The van der Waals surface area contributed by atoms with E-state index in [-0.39, 0.29) is 18.6 Å². The lowest BCUT2D eigenvalue weighted by molar-refractivity contribution is -0.159. The van der Waals surface area contributed by atoms with Crippen LogP contribution in [0, 0.1) is 0 Å². The van der Waals surface area contributed by atoms with Gasteiger partial charge in [-0.25, -0.2) is 9.59 Å². The number of nitrogens with one attached hydrogen (secondary N) is 2. The maximum absolute atomic E-state index is 14.9. The van der Waals surface area contributed by atoms with Crippen LogP contribution in [0.4, 0.5) is 4.79 Å². The Bertz CT molecular complexity index is 1620. The predicted octanol–water partition coefficient (Wildman–Crippen LogP) is 6.83. The predicted molar refractivity (Wildman–Crippen MR) is 198 cm³/mol. The second kappa shape index (κ2) is 16.9. The number of rotatable bonds is 12. The number of aromatic hydroxyl groups is 1. The summed E-state index contributed by atoms with van der Waals surface area (Å²) in [6.07, 6.45) is 0.180. The molecule has 0 heterocycles. The normalized spacial score (nSPS) is 13.7. The fourth-order valence-electron chi connectivity index (χ4n) is 5.55. The minimum atomic E-state index is -1.22. The zero-order chi connectivity index (χ0) is 38.1. The standard InChI is InChI=1S/C41H55N3O7/c1-11-27-17-21-30(22-18-27)34(35(46)42-33(37(48)50-40(5,6)7)26-28-15-13-12-14-16-28)44(39(2,3)4)36(47)32(43-38(49)51-41(8,9)10)25-29-19-23-31(45)24-20-29/h12-24,32-34,45H,11,25-26H2,1-10H3,(H,42,46)(H,43,49). The molecule has 10 nitrogen and oxygen atoms in total. The molecule has 3 atom stereocenters. The van der Waals surface area contributed by atoms with Crippen LogP contribution in [0.1, 0.15) is 97.5 Å². The molecule has 0 saturated carbocycles. The molecule has 0 spiro atoms. The molecule has 0 bridgehead atoms. The molecule has 3 aromatic rings. The van der Waals surface area contributed by atoms with E-state index in [9.17, 15) is 24.3 Å². The van der Waals surface area contributed by atoms with Gasteiger partial charge in [0.25, 0.3) is 0 Å². The van der Waals surface area contributed by atoms with Crippen LogP contribution in [0.5, 0.6) is 5.75 Å². The van der Waals surface area contributed by atoms with Crippen molar-refractivity contribution < 1.29 is 33.8 Å². The van der Waals surface area contributed by atoms with E-state index in [1.54, 1.807) is 53.7 Å². The third kappa shape index (κ3) is 12.8. The largest absolute Gasteiger partial charge is 0.508 e. The Morgan fingerprint density at radius 3 is 1.69 bits per heavy atom. The van der Waals surface area contributed by atoms with Gasteiger partial charge in [0.05, 0.1) is 0 Å². The maximum atomic E-state index is 14.9. The van der Waals surface area contributed by atoms with Crippen molar-refractivity contribution in [3.05, 3.63) is 101 Å². The summed E-state index contributed by atoms with van der Waals surface area (Å²) in [7, 11) is 0. The average molecular weight is 702 g/mol. The van der Waals surface area contributed by atoms with Gasteiger partial charge in [0.15, 0.2) is 0 Å². The third-order valence-electron chi connectivity index (χ3n) is 7.83. The van der Waals surface area contributed by atoms with E-state index in [2.05, 4.69) is 10.6 Å². The molecule has 0 aromatic heterocycles. The van der Waals surface area contributed by atoms with Gasteiger partial charge < -0.3 is 30.1 Å². The summed E-state index contributed by atoms with van der Waals surface area (Å²) in [6, 6.07) is 19.6. The Kier molecular flexibility index (Phi) is 13.4. The first-order chi connectivity index (χ1) is 23.7. The Balaban J connectivity index is 2.15. The van der Waals surface area contributed by atoms with Crippen LogP contribution in [-0.4, -0.2) is 62.7 Å². The lowest BCUT2D eigenvalue weighted by atomic mass is 9.93. The fourth-order valence-corrected chi connectivity index (χ4v) is 5.55. The van der Waals surface area contributed by atoms with Crippen LogP contribution >= 0.6 is 0 Å². The van der Waals surface area contributed by atoms with Crippen LogP contribution in [0.3, 0.4) is 0 Å². The maximum Gasteiger partial charge on any atom is 0.408 e. The lowest BCUT2D eigenvalue weighted by Crippen LogP contribution is -2.60. The smallest absolute Gasteiger partial charge is 0.408 e. The number of benzene rings is 3. The number of carbonyl (C=O) groups is 4. The van der Waals surface area contributed by atoms with Crippen molar-refractivity contribution in [1.29, 1.82) is 0 Å². The van der Waals surface area contributed by atoms with Gasteiger partial charge in [0.1, 0.15) is 35.1 Å². The molecular formula is C41H55N3O7. The van der Waals surface area contributed by atoms with Gasteiger partial charge in [-0.2, -0.15) is 0 Å². The van der Waals surface area contributed by atoms with Gasteiger partial charge in [-0.05, 0) is 103 Å². The van der Waals surface area contributed by atoms with Crippen molar-refractivity contribution in [2.75, 3.05) is 0 Å². The van der Waals surface area contributed by atoms with Crippen LogP contribution in [0.25, 0.3) is 0 Å². The van der Waals surface area contributed by atoms with Crippen LogP contribution in [-0.2, 0) is 43.1 Å². The Morgan fingerprint density at radius 2 is 1.18 bits per heavy atom. The second-order valence-electron chi connectivity index (χ2n) is 15.7. The van der Waals surface area contributed by atoms with Crippen molar-refractivity contribution >= 4 is 23.9 Å². The molecule has 3 rings (SSSR count). The summed E-state index contributed by atoms with van der Waals surface area (Å²) >= 11 is 0. The van der Waals surface area contributed by atoms with Crippen molar-refractivity contribution in [2.24, 2.45) is 0 Å². The zero-order valence-electron chi connectivity index (χ0n) is 31.7. The number of hydrogen-bond donors (Lipinski definition) is 3. The first kappa shape index (κ1) is 40.6. The molecule has 0 aliphatic carbocycles. The number of nitrogens with zero attached hydrogens (tertiary/aromatic N) is 1. The zero-order valence-corrected chi connectivity index (χ0v) is 31.7. The van der Waals surface area contributed by atoms with E-state index in [0.717, 1.165) is 17.5 Å². The van der Waals surface area contributed by atoms with Gasteiger partial charge in [-0.15, -0.1) is 0 Å². The van der Waals surface area contributed by atoms with Gasteiger partial charge >= 0.3 is 12.1 Å². The molecule has 0 aliphatic heterocycles. The van der Waals surface area contributed by atoms with Crippen LogP contribution < -0.4 is 10.6 Å². The number of phenols is 1. The van der Waals surface area contributed by atoms with E-state index in [1.165, 1.54) is 17.0 Å². The number of hydrogen-bond acceptors (Lipinski definition) is 7. The van der Waals surface area contributed by atoms with Gasteiger partial charge in [0.2, 0.25) is 11.8 Å². The molecule has 10 heteroatoms. The molecule has 3 amide bonds. The van der Waals surface area contributed by atoms with Crippen molar-refractivity contribution in [3.8, 4) is 5.75 Å². The molecular weight excluding hydrogens is 646 g/mol. The van der Waals surface area contributed by atoms with Crippen LogP contribution in [0.2, 0.25) is 0 Å². The van der Waals surface area contributed by atoms with Crippen molar-refractivity contribution in [2.45, 2.75) is 123 Å². The van der Waals surface area contributed by atoms with Gasteiger partial charge in [0, 0.05) is 18.4 Å². The highest BCUT2D eigenvalue weighted by Gasteiger charge is 2.43. The number of phenolic OH excluding ortho intramolecular Hbond substituents is 1. The third-order valence-corrected chi connectivity index (χ3v) is 7.83. The Morgan fingerprint density at radius 1 is 0.667 bits per heavy atom. The van der Waals surface area contributed by atoms with E-state index >= 15 is 0 Å². The molecule has 276 valence electrons. The number of ether oxygens (including phenoxy) is 2. The number of alkyl carbamates (subject to hydrolysis) is 1.